The molecule has 6 aromatic rings. The lowest BCUT2D eigenvalue weighted by Gasteiger charge is -2.36. The van der Waals surface area contributed by atoms with Crippen LogP contribution < -0.4 is 4.57 Å². The molecule has 0 aliphatic heterocycles. The summed E-state index contributed by atoms with van der Waals surface area (Å²) in [6, 6.07) is 33.1. The van der Waals surface area contributed by atoms with Crippen molar-refractivity contribution in [1.29, 1.82) is 0 Å². The normalized spacial score (nSPS) is 20.3. The van der Waals surface area contributed by atoms with Gasteiger partial charge in [0, 0.05) is 10.8 Å². The Labute approximate surface area is 242 Å². The first-order valence-electron chi connectivity index (χ1n) is 15.8. The van der Waals surface area contributed by atoms with Crippen molar-refractivity contribution in [1.82, 2.24) is 4.57 Å². The van der Waals surface area contributed by atoms with E-state index in [-0.39, 0.29) is 0 Å². The van der Waals surface area contributed by atoms with Crippen LogP contribution in [0.25, 0.3) is 50.0 Å². The Kier molecular flexibility index (Phi) is 6.20. The molecule has 2 aromatic heterocycles. The Morgan fingerprint density at radius 2 is 1.37 bits per heavy atom. The van der Waals surface area contributed by atoms with Crippen LogP contribution >= 0.6 is 0 Å². The minimum absolute atomic E-state index is 0.699. The van der Waals surface area contributed by atoms with E-state index in [4.69, 9.17) is 4.42 Å². The third-order valence-corrected chi connectivity index (χ3v) is 10.4. The van der Waals surface area contributed by atoms with Gasteiger partial charge in [0.25, 0.3) is 5.82 Å². The zero-order chi connectivity index (χ0) is 27.3. The topological polar surface area (TPSA) is 21.9 Å². The number of aromatic nitrogens is 2. The largest absolute Gasteiger partial charge is 0.455 e. The molecule has 3 heteroatoms. The summed E-state index contributed by atoms with van der Waals surface area (Å²) in [5, 5.41) is 2.33. The molecule has 0 amide bonds. The van der Waals surface area contributed by atoms with E-state index in [0.29, 0.717) is 5.92 Å². The summed E-state index contributed by atoms with van der Waals surface area (Å²) < 4.78 is 11.2. The summed E-state index contributed by atoms with van der Waals surface area (Å²) in [5.74, 6) is 3.81. The lowest BCUT2D eigenvalue weighted by molar-refractivity contribution is -0.633. The Morgan fingerprint density at radius 3 is 2.20 bits per heavy atom. The molecule has 4 aromatic carbocycles. The van der Waals surface area contributed by atoms with Crippen molar-refractivity contribution in [2.24, 2.45) is 18.9 Å². The second kappa shape index (κ2) is 10.2. The summed E-state index contributed by atoms with van der Waals surface area (Å²) in [7, 11) is 2.18. The smallest absolute Gasteiger partial charge is 0.298 e. The van der Waals surface area contributed by atoms with Crippen molar-refractivity contribution < 1.29 is 8.98 Å². The number of fused-ring (bicyclic) bond motifs is 4. The van der Waals surface area contributed by atoms with E-state index in [0.717, 1.165) is 45.2 Å². The molecule has 2 aliphatic carbocycles. The molecule has 41 heavy (non-hydrogen) atoms. The van der Waals surface area contributed by atoms with Crippen LogP contribution in [-0.4, -0.2) is 4.57 Å². The molecular weight excluding hydrogens is 500 g/mol. The van der Waals surface area contributed by atoms with Crippen LogP contribution in [0.4, 0.5) is 0 Å². The molecule has 0 bridgehead atoms. The van der Waals surface area contributed by atoms with Crippen LogP contribution in [0.5, 0.6) is 0 Å². The number of para-hydroxylation sites is 4. The third kappa shape index (κ3) is 4.20. The van der Waals surface area contributed by atoms with E-state index in [1.807, 2.05) is 6.07 Å². The Balaban J connectivity index is 1.17. The quantitative estimate of drug-likeness (QED) is 0.204. The van der Waals surface area contributed by atoms with Crippen molar-refractivity contribution in [2.75, 3.05) is 0 Å². The van der Waals surface area contributed by atoms with Gasteiger partial charge in [-0.3, -0.25) is 0 Å². The van der Waals surface area contributed by atoms with Crippen LogP contribution in [0.3, 0.4) is 0 Å². The molecule has 0 N–H and O–H groups in total. The minimum atomic E-state index is 0.699. The van der Waals surface area contributed by atoms with Crippen LogP contribution in [0.15, 0.2) is 95.4 Å². The first-order chi connectivity index (χ1) is 20.3. The van der Waals surface area contributed by atoms with Gasteiger partial charge in [0.1, 0.15) is 16.8 Å². The Hall–Kier alpha value is -3.85. The van der Waals surface area contributed by atoms with Gasteiger partial charge in [-0.1, -0.05) is 86.7 Å². The molecule has 206 valence electrons. The van der Waals surface area contributed by atoms with Crippen LogP contribution in [0, 0.1) is 11.8 Å². The predicted octanol–water partition coefficient (Wildman–Crippen LogP) is 9.88. The van der Waals surface area contributed by atoms with E-state index in [1.54, 1.807) is 0 Å². The van der Waals surface area contributed by atoms with E-state index in [2.05, 4.69) is 101 Å². The number of nitrogens with zero attached hydrogens (tertiary/aromatic N) is 2. The number of hydrogen-bond donors (Lipinski definition) is 0. The molecule has 0 unspecified atom stereocenters. The molecule has 2 aliphatic rings. The van der Waals surface area contributed by atoms with Gasteiger partial charge < -0.3 is 4.42 Å². The number of imidazole rings is 1. The summed E-state index contributed by atoms with van der Waals surface area (Å²) >= 11 is 0. The monoisotopic (exact) mass is 539 g/mol. The van der Waals surface area contributed by atoms with Crippen molar-refractivity contribution >= 4 is 33.0 Å². The Morgan fingerprint density at radius 1 is 0.659 bits per heavy atom. The van der Waals surface area contributed by atoms with Gasteiger partial charge in [0.05, 0.1) is 7.05 Å². The number of benzene rings is 4. The SMILES string of the molecule is C[n+]1c(-c2cccc3c2oc2ccccc23)n(-c2ccc(C3CCC(C4CCCCC4)CC3)cc2)c2ccccc21. The highest BCUT2D eigenvalue weighted by molar-refractivity contribution is 6.09. The highest BCUT2D eigenvalue weighted by Crippen LogP contribution is 2.43. The molecule has 0 saturated heterocycles. The second-order valence-electron chi connectivity index (χ2n) is 12.6. The molecule has 8 rings (SSSR count). The zero-order valence-electron chi connectivity index (χ0n) is 24.1. The number of rotatable bonds is 4. The van der Waals surface area contributed by atoms with Crippen molar-refractivity contribution in [3.63, 3.8) is 0 Å². The van der Waals surface area contributed by atoms with Gasteiger partial charge >= 0.3 is 0 Å². The van der Waals surface area contributed by atoms with Crippen LogP contribution in [0.2, 0.25) is 0 Å². The average molecular weight is 540 g/mol. The molecular formula is C38H39N2O+. The van der Waals surface area contributed by atoms with Gasteiger partial charge in [-0.15, -0.1) is 0 Å². The zero-order valence-corrected chi connectivity index (χ0v) is 24.1. The predicted molar refractivity (Wildman–Crippen MR) is 168 cm³/mol. The average Bonchev–Trinajstić information content (AvgIpc) is 3.57. The van der Waals surface area contributed by atoms with E-state index >= 15 is 0 Å². The standard InChI is InChI=1S/C38H39N2O/c1-39-34-15-6-7-16-35(34)40(38(39)33-14-9-13-32-31-12-5-8-17-36(31)41-37(32)33)30-24-22-29(23-25-30)28-20-18-27(19-21-28)26-10-3-2-4-11-26/h5-9,12-17,22-28H,2-4,10-11,18-21H2,1H3/q+1. The molecule has 2 fully saturated rings. The summed E-state index contributed by atoms with van der Waals surface area (Å²) in [6.07, 6.45) is 12.9. The molecule has 3 nitrogen and oxygen atoms in total. The van der Waals surface area contributed by atoms with Gasteiger partial charge in [0.15, 0.2) is 16.6 Å². The summed E-state index contributed by atoms with van der Waals surface area (Å²) in [4.78, 5) is 0. The van der Waals surface area contributed by atoms with Gasteiger partial charge in [-0.25, -0.2) is 4.57 Å². The first-order valence-corrected chi connectivity index (χ1v) is 15.8. The highest BCUT2D eigenvalue weighted by Gasteiger charge is 2.31. The molecule has 0 atom stereocenters. The van der Waals surface area contributed by atoms with Crippen LogP contribution in [-0.2, 0) is 7.05 Å². The third-order valence-electron chi connectivity index (χ3n) is 10.4. The number of furan rings is 1. The lowest BCUT2D eigenvalue weighted by Crippen LogP contribution is -2.30. The fraction of sp³-hybridized carbons (Fsp3) is 0.342. The fourth-order valence-corrected chi connectivity index (χ4v) is 8.23. The lowest BCUT2D eigenvalue weighted by atomic mass is 9.70. The van der Waals surface area contributed by atoms with E-state index in [1.165, 1.54) is 80.1 Å². The first kappa shape index (κ1) is 24.9. The molecule has 0 radical (unpaired) electrons. The van der Waals surface area contributed by atoms with Crippen molar-refractivity contribution in [2.45, 2.75) is 63.7 Å². The molecule has 0 spiro atoms. The molecule has 2 saturated carbocycles. The van der Waals surface area contributed by atoms with E-state index < -0.39 is 0 Å². The second-order valence-corrected chi connectivity index (χ2v) is 12.6. The minimum Gasteiger partial charge on any atom is -0.455 e. The number of aryl methyl sites for hydroxylation is 1. The Bertz CT molecular complexity index is 1840. The maximum Gasteiger partial charge on any atom is 0.298 e. The van der Waals surface area contributed by atoms with Crippen molar-refractivity contribution in [3.05, 3.63) is 96.6 Å². The van der Waals surface area contributed by atoms with E-state index in [9.17, 15) is 0 Å². The fourth-order valence-electron chi connectivity index (χ4n) is 8.23. The van der Waals surface area contributed by atoms with Gasteiger partial charge in [0.2, 0.25) is 0 Å². The maximum atomic E-state index is 6.50. The summed E-state index contributed by atoms with van der Waals surface area (Å²) in [6.45, 7) is 0. The van der Waals surface area contributed by atoms with Gasteiger partial charge in [-0.05, 0) is 85.4 Å². The highest BCUT2D eigenvalue weighted by atomic mass is 16.3. The van der Waals surface area contributed by atoms with Crippen LogP contribution in [0.1, 0.15) is 69.3 Å². The summed E-state index contributed by atoms with van der Waals surface area (Å²) in [5.41, 5.74) is 8.12. The van der Waals surface area contributed by atoms with Crippen molar-refractivity contribution in [3.8, 4) is 17.1 Å². The number of hydrogen-bond acceptors (Lipinski definition) is 1. The van der Waals surface area contributed by atoms with Gasteiger partial charge in [-0.2, -0.15) is 4.57 Å². The molecule has 2 heterocycles. The maximum absolute atomic E-state index is 6.50.